The topological polar surface area (TPSA) is 31.2 Å². The summed E-state index contributed by atoms with van der Waals surface area (Å²) in [4.78, 5) is 12.0. The van der Waals surface area contributed by atoms with Gasteiger partial charge in [0.1, 0.15) is 0 Å². The Morgan fingerprint density at radius 2 is 2.11 bits per heavy atom. The van der Waals surface area contributed by atoms with Gasteiger partial charge in [-0.2, -0.15) is 0 Å². The second-order valence-corrected chi connectivity index (χ2v) is 5.56. The average molecular weight is 249 g/mol. The number of aryl methyl sites for hydroxylation is 1. The molecule has 0 amide bonds. The Hall–Kier alpha value is -1.09. The fourth-order valence-corrected chi connectivity index (χ4v) is 2.95. The van der Waals surface area contributed by atoms with Crippen LogP contribution in [0.2, 0.25) is 0 Å². The van der Waals surface area contributed by atoms with E-state index in [1.54, 1.807) is 7.11 Å². The number of methoxy groups -OCH3 is 1. The van der Waals surface area contributed by atoms with Crippen molar-refractivity contribution in [1.29, 1.82) is 0 Å². The standard InChI is InChI=1S/C15H23NO2/c1-10(2)14(9-18-4)16-11(3)8-12-13(16)6-5-7-15(12)17/h8,10,14H,5-7,9H2,1-4H3. The van der Waals surface area contributed by atoms with Gasteiger partial charge in [0.25, 0.3) is 0 Å². The lowest BCUT2D eigenvalue weighted by molar-refractivity contribution is 0.0968. The summed E-state index contributed by atoms with van der Waals surface area (Å²) in [6.07, 6.45) is 2.70. The van der Waals surface area contributed by atoms with E-state index in [0.717, 1.165) is 18.4 Å². The fraction of sp³-hybridized carbons (Fsp3) is 0.667. The van der Waals surface area contributed by atoms with E-state index >= 15 is 0 Å². The number of Topliss-reactive ketones (excluding diaryl/α,β-unsaturated/α-hetero) is 1. The van der Waals surface area contributed by atoms with Gasteiger partial charge in [-0.25, -0.2) is 0 Å². The summed E-state index contributed by atoms with van der Waals surface area (Å²) in [6, 6.07) is 2.38. The molecular weight excluding hydrogens is 226 g/mol. The van der Waals surface area contributed by atoms with Crippen LogP contribution in [0.5, 0.6) is 0 Å². The second kappa shape index (κ2) is 5.27. The molecule has 0 N–H and O–H groups in total. The molecule has 0 fully saturated rings. The van der Waals surface area contributed by atoms with Gasteiger partial charge in [0.05, 0.1) is 12.6 Å². The number of carbonyl (C=O) groups excluding carboxylic acids is 1. The van der Waals surface area contributed by atoms with Crippen LogP contribution in [0.3, 0.4) is 0 Å². The third kappa shape index (κ3) is 2.24. The molecule has 18 heavy (non-hydrogen) atoms. The smallest absolute Gasteiger partial charge is 0.164 e. The Morgan fingerprint density at radius 3 is 2.72 bits per heavy atom. The van der Waals surface area contributed by atoms with Crippen molar-refractivity contribution in [3.05, 3.63) is 23.0 Å². The van der Waals surface area contributed by atoms with Gasteiger partial charge in [0.15, 0.2) is 5.78 Å². The fourth-order valence-electron chi connectivity index (χ4n) is 2.95. The predicted molar refractivity (Wildman–Crippen MR) is 72.2 cm³/mol. The lowest BCUT2D eigenvalue weighted by Gasteiger charge is -2.27. The quantitative estimate of drug-likeness (QED) is 0.820. The molecule has 2 rings (SSSR count). The molecule has 0 saturated carbocycles. The molecule has 1 aromatic rings. The van der Waals surface area contributed by atoms with Crippen LogP contribution >= 0.6 is 0 Å². The molecule has 1 unspecified atom stereocenters. The molecule has 1 aliphatic carbocycles. The van der Waals surface area contributed by atoms with Gasteiger partial charge in [0.2, 0.25) is 0 Å². The maximum absolute atomic E-state index is 12.0. The minimum absolute atomic E-state index is 0.304. The summed E-state index contributed by atoms with van der Waals surface area (Å²) >= 11 is 0. The minimum Gasteiger partial charge on any atom is -0.383 e. The Bertz CT molecular complexity index is 446. The van der Waals surface area contributed by atoms with Crippen molar-refractivity contribution in [3.8, 4) is 0 Å². The number of ether oxygens (including phenoxy) is 1. The first-order valence-electron chi connectivity index (χ1n) is 6.79. The Balaban J connectivity index is 2.46. The van der Waals surface area contributed by atoms with Crippen molar-refractivity contribution in [2.75, 3.05) is 13.7 Å². The summed E-state index contributed by atoms with van der Waals surface area (Å²) in [5, 5.41) is 0. The summed E-state index contributed by atoms with van der Waals surface area (Å²) in [6.45, 7) is 7.21. The van der Waals surface area contributed by atoms with Crippen LogP contribution in [-0.2, 0) is 11.2 Å². The van der Waals surface area contributed by atoms with Crippen molar-refractivity contribution in [1.82, 2.24) is 4.57 Å². The molecule has 0 spiro atoms. The number of rotatable bonds is 4. The van der Waals surface area contributed by atoms with E-state index in [1.807, 2.05) is 0 Å². The minimum atomic E-state index is 0.304. The van der Waals surface area contributed by atoms with Crippen molar-refractivity contribution in [2.45, 2.75) is 46.1 Å². The molecular formula is C15H23NO2. The number of hydrogen-bond donors (Lipinski definition) is 0. The number of ketones is 1. The van der Waals surface area contributed by atoms with E-state index in [4.69, 9.17) is 4.74 Å². The highest BCUT2D eigenvalue weighted by Gasteiger charge is 2.27. The largest absolute Gasteiger partial charge is 0.383 e. The van der Waals surface area contributed by atoms with Gasteiger partial charge in [0, 0.05) is 30.5 Å². The summed E-state index contributed by atoms with van der Waals surface area (Å²) in [7, 11) is 1.74. The average Bonchev–Trinajstić information content (AvgIpc) is 2.64. The van der Waals surface area contributed by atoms with Gasteiger partial charge < -0.3 is 9.30 Å². The third-order valence-electron chi connectivity index (χ3n) is 3.89. The highest BCUT2D eigenvalue weighted by Crippen LogP contribution is 2.30. The van der Waals surface area contributed by atoms with E-state index < -0.39 is 0 Å². The zero-order valence-electron chi connectivity index (χ0n) is 11.8. The molecule has 1 atom stereocenters. The first kappa shape index (κ1) is 13.3. The normalized spacial score (nSPS) is 17.1. The zero-order valence-corrected chi connectivity index (χ0v) is 11.8. The summed E-state index contributed by atoms with van der Waals surface area (Å²) < 4.78 is 7.69. The molecule has 0 aromatic carbocycles. The van der Waals surface area contributed by atoms with E-state index in [2.05, 4.69) is 31.4 Å². The lowest BCUT2D eigenvalue weighted by Crippen LogP contribution is -2.24. The highest BCUT2D eigenvalue weighted by molar-refractivity contribution is 5.98. The maximum Gasteiger partial charge on any atom is 0.164 e. The summed E-state index contributed by atoms with van der Waals surface area (Å²) in [5.74, 6) is 0.801. The van der Waals surface area contributed by atoms with E-state index in [9.17, 15) is 4.79 Å². The molecule has 3 heteroatoms. The van der Waals surface area contributed by atoms with Gasteiger partial charge in [-0.05, 0) is 31.7 Å². The number of hydrogen-bond acceptors (Lipinski definition) is 2. The molecule has 1 aliphatic rings. The number of aromatic nitrogens is 1. The Labute approximate surface area is 109 Å². The van der Waals surface area contributed by atoms with Gasteiger partial charge in [-0.3, -0.25) is 4.79 Å². The van der Waals surface area contributed by atoms with Crippen LogP contribution in [-0.4, -0.2) is 24.1 Å². The van der Waals surface area contributed by atoms with Crippen LogP contribution in [0.15, 0.2) is 6.07 Å². The highest BCUT2D eigenvalue weighted by atomic mass is 16.5. The molecule has 0 saturated heterocycles. The van der Waals surface area contributed by atoms with Crippen molar-refractivity contribution < 1.29 is 9.53 Å². The van der Waals surface area contributed by atoms with Crippen LogP contribution in [0, 0.1) is 12.8 Å². The lowest BCUT2D eigenvalue weighted by atomic mass is 9.96. The predicted octanol–water partition coefficient (Wildman–Crippen LogP) is 3.16. The molecule has 1 aromatic heterocycles. The third-order valence-corrected chi connectivity index (χ3v) is 3.89. The Kier molecular flexibility index (Phi) is 3.91. The van der Waals surface area contributed by atoms with Gasteiger partial charge >= 0.3 is 0 Å². The van der Waals surface area contributed by atoms with E-state index in [-0.39, 0.29) is 0 Å². The van der Waals surface area contributed by atoms with Crippen LogP contribution in [0.1, 0.15) is 54.5 Å². The maximum atomic E-state index is 12.0. The molecule has 1 heterocycles. The molecule has 0 radical (unpaired) electrons. The number of carbonyl (C=O) groups is 1. The second-order valence-electron chi connectivity index (χ2n) is 5.56. The monoisotopic (exact) mass is 249 g/mol. The number of fused-ring (bicyclic) bond motifs is 1. The first-order chi connectivity index (χ1) is 8.56. The van der Waals surface area contributed by atoms with Crippen LogP contribution in [0.25, 0.3) is 0 Å². The number of nitrogens with zero attached hydrogens (tertiary/aromatic N) is 1. The molecule has 0 aliphatic heterocycles. The molecule has 100 valence electrons. The van der Waals surface area contributed by atoms with Crippen molar-refractivity contribution >= 4 is 5.78 Å². The van der Waals surface area contributed by atoms with E-state index in [1.165, 1.54) is 11.4 Å². The van der Waals surface area contributed by atoms with Crippen molar-refractivity contribution in [2.24, 2.45) is 5.92 Å². The zero-order chi connectivity index (χ0) is 13.3. The summed E-state index contributed by atoms with van der Waals surface area (Å²) in [5.41, 5.74) is 3.35. The first-order valence-corrected chi connectivity index (χ1v) is 6.79. The SMILES string of the molecule is COCC(C(C)C)n1c(C)cc2c1CCCC2=O. The molecule has 0 bridgehead atoms. The van der Waals surface area contributed by atoms with Gasteiger partial charge in [-0.1, -0.05) is 13.8 Å². The molecule has 3 nitrogen and oxygen atoms in total. The van der Waals surface area contributed by atoms with Crippen LogP contribution < -0.4 is 0 Å². The van der Waals surface area contributed by atoms with Crippen molar-refractivity contribution in [3.63, 3.8) is 0 Å². The van der Waals surface area contributed by atoms with Crippen LogP contribution in [0.4, 0.5) is 0 Å². The van der Waals surface area contributed by atoms with E-state index in [0.29, 0.717) is 30.8 Å². The Morgan fingerprint density at radius 1 is 1.39 bits per heavy atom. The van der Waals surface area contributed by atoms with Gasteiger partial charge in [-0.15, -0.1) is 0 Å².